The molecule has 138 valence electrons. The minimum absolute atomic E-state index is 0.0748. The fourth-order valence-electron chi connectivity index (χ4n) is 2.82. The van der Waals surface area contributed by atoms with Gasteiger partial charge in [0, 0.05) is 23.8 Å². The first-order valence-corrected chi connectivity index (χ1v) is 9.72. The third kappa shape index (κ3) is 3.75. The number of nitrogens with one attached hydrogen (secondary N) is 1. The van der Waals surface area contributed by atoms with E-state index >= 15 is 0 Å². The Hall–Kier alpha value is -1.57. The van der Waals surface area contributed by atoms with Gasteiger partial charge in [0.1, 0.15) is 0 Å². The van der Waals surface area contributed by atoms with Crippen LogP contribution >= 0.6 is 11.8 Å². The number of rotatable bonds is 4. The molecule has 0 aliphatic carbocycles. The van der Waals surface area contributed by atoms with E-state index in [1.165, 1.54) is 11.8 Å². The summed E-state index contributed by atoms with van der Waals surface area (Å²) < 4.78 is 12.4. The van der Waals surface area contributed by atoms with Crippen molar-refractivity contribution in [2.75, 3.05) is 5.75 Å². The molecule has 1 aromatic heterocycles. The molecule has 0 amide bonds. The van der Waals surface area contributed by atoms with Gasteiger partial charge in [-0.1, -0.05) is 30.0 Å². The van der Waals surface area contributed by atoms with Gasteiger partial charge in [0.25, 0.3) is 0 Å². The van der Waals surface area contributed by atoms with Crippen LogP contribution in [0.15, 0.2) is 23.7 Å². The van der Waals surface area contributed by atoms with Crippen molar-refractivity contribution in [1.82, 2.24) is 10.2 Å². The molecule has 2 heterocycles. The van der Waals surface area contributed by atoms with Crippen LogP contribution in [0.3, 0.4) is 0 Å². The normalized spacial score (nSPS) is 19.3. The topological polar surface area (TPSA) is 64.2 Å². The van der Waals surface area contributed by atoms with Gasteiger partial charge in [0.15, 0.2) is 5.12 Å². The molecule has 0 atom stereocenters. The van der Waals surface area contributed by atoms with E-state index in [0.717, 1.165) is 27.6 Å². The number of fused-ring (bicyclic) bond motifs is 1. The number of aromatic nitrogens is 2. The predicted molar refractivity (Wildman–Crippen MR) is 108 cm³/mol. The molecule has 3 rings (SSSR count). The zero-order valence-electron chi connectivity index (χ0n) is 16.2. The van der Waals surface area contributed by atoms with Crippen LogP contribution in [0.4, 0.5) is 0 Å². The summed E-state index contributed by atoms with van der Waals surface area (Å²) in [5.41, 5.74) is 3.09. The zero-order valence-corrected chi connectivity index (χ0v) is 17.0. The lowest BCUT2D eigenvalue weighted by molar-refractivity contribution is -0.109. The van der Waals surface area contributed by atoms with E-state index in [-0.39, 0.29) is 5.12 Å². The lowest BCUT2D eigenvalue weighted by Gasteiger charge is -2.32. The summed E-state index contributed by atoms with van der Waals surface area (Å²) in [5, 5.41) is 8.52. The smallest absolute Gasteiger partial charge is 0.400 e. The van der Waals surface area contributed by atoms with E-state index in [1.54, 1.807) is 6.92 Å². The number of aryl methyl sites for hydroxylation is 1. The van der Waals surface area contributed by atoms with Crippen LogP contribution in [0, 0.1) is 6.92 Å². The van der Waals surface area contributed by atoms with Crippen molar-refractivity contribution in [1.29, 1.82) is 0 Å². The molecule has 0 radical (unpaired) electrons. The molecule has 1 fully saturated rings. The number of hydrogen-bond acceptors (Lipinski definition) is 5. The van der Waals surface area contributed by atoms with Crippen molar-refractivity contribution < 1.29 is 14.1 Å². The summed E-state index contributed by atoms with van der Waals surface area (Å²) >= 11 is 1.26. The Morgan fingerprint density at radius 1 is 1.27 bits per heavy atom. The Balaban J connectivity index is 1.94. The predicted octanol–water partition coefficient (Wildman–Crippen LogP) is 4.17. The highest BCUT2D eigenvalue weighted by Gasteiger charge is 2.52. The molecule has 0 saturated carbocycles. The number of benzene rings is 1. The lowest BCUT2D eigenvalue weighted by atomic mass is 9.78. The molecule has 5 nitrogen and oxygen atoms in total. The van der Waals surface area contributed by atoms with Crippen molar-refractivity contribution in [3.63, 3.8) is 0 Å². The highest BCUT2D eigenvalue weighted by Crippen LogP contribution is 2.39. The van der Waals surface area contributed by atoms with Crippen LogP contribution in [0.2, 0.25) is 0 Å². The molecule has 26 heavy (non-hydrogen) atoms. The molecule has 0 spiro atoms. The van der Waals surface area contributed by atoms with Crippen LogP contribution in [0.25, 0.3) is 17.0 Å². The van der Waals surface area contributed by atoms with Crippen molar-refractivity contribution in [2.24, 2.45) is 0 Å². The average molecular weight is 372 g/mol. The first kappa shape index (κ1) is 19.2. The Labute approximate surface area is 159 Å². The van der Waals surface area contributed by atoms with Gasteiger partial charge in [0.2, 0.25) is 0 Å². The van der Waals surface area contributed by atoms with Gasteiger partial charge in [-0.15, -0.1) is 0 Å². The minimum Gasteiger partial charge on any atom is -0.400 e. The van der Waals surface area contributed by atoms with Crippen molar-refractivity contribution in [3.8, 4) is 0 Å². The molecule has 7 heteroatoms. The SMILES string of the molecule is CC(=O)SCC(=Cc1ccc2c(C)[nH]nc2c1)B1OC(C)(C)C(C)(C)O1. The summed E-state index contributed by atoms with van der Waals surface area (Å²) in [6.07, 6.45) is 2.04. The summed E-state index contributed by atoms with van der Waals surface area (Å²) in [7, 11) is -0.469. The first-order valence-electron chi connectivity index (χ1n) is 8.73. The van der Waals surface area contributed by atoms with E-state index in [1.807, 2.05) is 46.8 Å². The second-order valence-corrected chi connectivity index (χ2v) is 8.87. The van der Waals surface area contributed by atoms with E-state index in [4.69, 9.17) is 9.31 Å². The minimum atomic E-state index is -0.469. The Morgan fingerprint density at radius 2 is 1.92 bits per heavy atom. The molecule has 1 saturated heterocycles. The van der Waals surface area contributed by atoms with Crippen molar-refractivity contribution in [3.05, 3.63) is 34.9 Å². The van der Waals surface area contributed by atoms with Crippen molar-refractivity contribution >= 4 is 41.0 Å². The summed E-state index contributed by atoms with van der Waals surface area (Å²) in [5.74, 6) is 0.532. The molecule has 2 aromatic rings. The maximum absolute atomic E-state index is 11.5. The summed E-state index contributed by atoms with van der Waals surface area (Å²) in [4.78, 5) is 11.5. The monoisotopic (exact) mass is 372 g/mol. The fraction of sp³-hybridized carbons (Fsp3) is 0.474. The number of hydrogen-bond donors (Lipinski definition) is 1. The van der Waals surface area contributed by atoms with Crippen LogP contribution in [-0.4, -0.2) is 39.4 Å². The van der Waals surface area contributed by atoms with Gasteiger partial charge in [-0.2, -0.15) is 5.10 Å². The second kappa shape index (κ2) is 6.87. The van der Waals surface area contributed by atoms with Gasteiger partial charge in [-0.05, 0) is 51.7 Å². The molecule has 1 N–H and O–H groups in total. The standard InChI is InChI=1S/C19H25BN2O3S/c1-12-16-8-7-14(10-17(16)22-21-12)9-15(11-26-13(2)23)20-24-18(3,4)19(5,6)25-20/h7-10H,11H2,1-6H3,(H,21,22). The Kier molecular flexibility index (Phi) is 5.07. The van der Waals surface area contributed by atoms with Crippen LogP contribution in [-0.2, 0) is 14.1 Å². The van der Waals surface area contributed by atoms with E-state index in [2.05, 4.69) is 22.3 Å². The highest BCUT2D eigenvalue weighted by molar-refractivity contribution is 8.13. The molecular formula is C19H25BN2O3S. The van der Waals surface area contributed by atoms with Gasteiger partial charge >= 0.3 is 7.12 Å². The maximum atomic E-state index is 11.5. The van der Waals surface area contributed by atoms with Gasteiger partial charge in [-0.25, -0.2) is 0 Å². The van der Waals surface area contributed by atoms with Crippen LogP contribution < -0.4 is 0 Å². The van der Waals surface area contributed by atoms with Crippen LogP contribution in [0.5, 0.6) is 0 Å². The first-order chi connectivity index (χ1) is 12.1. The van der Waals surface area contributed by atoms with Gasteiger partial charge in [0.05, 0.1) is 16.7 Å². The average Bonchev–Trinajstić information content (AvgIpc) is 3.00. The second-order valence-electron chi connectivity index (χ2n) is 7.71. The third-order valence-electron chi connectivity index (χ3n) is 5.12. The lowest BCUT2D eigenvalue weighted by Crippen LogP contribution is -2.41. The molecule has 1 aliphatic rings. The molecule has 0 unspecified atom stereocenters. The maximum Gasteiger partial charge on any atom is 0.491 e. The van der Waals surface area contributed by atoms with E-state index < -0.39 is 18.3 Å². The van der Waals surface area contributed by atoms with Crippen molar-refractivity contribution in [2.45, 2.75) is 52.7 Å². The van der Waals surface area contributed by atoms with Crippen LogP contribution in [0.1, 0.15) is 45.9 Å². The quantitative estimate of drug-likeness (QED) is 0.817. The van der Waals surface area contributed by atoms with Gasteiger partial charge < -0.3 is 9.31 Å². The highest BCUT2D eigenvalue weighted by atomic mass is 32.2. The number of thioether (sulfide) groups is 1. The number of carbonyl (C=O) groups excluding carboxylic acids is 1. The Morgan fingerprint density at radius 3 is 2.54 bits per heavy atom. The molecule has 1 aromatic carbocycles. The molecule has 1 aliphatic heterocycles. The number of H-pyrrole nitrogens is 1. The fourth-order valence-corrected chi connectivity index (χ4v) is 3.41. The summed E-state index contributed by atoms with van der Waals surface area (Å²) in [6, 6.07) is 6.14. The number of aromatic amines is 1. The largest absolute Gasteiger partial charge is 0.491 e. The molecule has 0 bridgehead atoms. The number of nitrogens with zero attached hydrogens (tertiary/aromatic N) is 1. The molecular weight excluding hydrogens is 347 g/mol. The van der Waals surface area contributed by atoms with Gasteiger partial charge in [-0.3, -0.25) is 9.89 Å². The third-order valence-corrected chi connectivity index (χ3v) is 6.00. The Bertz CT molecular complexity index is 857. The number of carbonyl (C=O) groups is 1. The van der Waals surface area contributed by atoms with E-state index in [9.17, 15) is 4.79 Å². The zero-order chi connectivity index (χ0) is 19.1. The van der Waals surface area contributed by atoms with E-state index in [0.29, 0.717) is 5.75 Å². The summed E-state index contributed by atoms with van der Waals surface area (Å²) in [6.45, 7) is 11.7.